The lowest BCUT2D eigenvalue weighted by atomic mass is 10.1. The Morgan fingerprint density at radius 2 is 1.85 bits per heavy atom. The Balaban J connectivity index is 1.66. The Bertz CT molecular complexity index is 591. The standard InChI is InChI=1S/C17H17NO2/c19-17(18-10-5-11-18)15-8-4-9-16(12-15)20-13-14-6-2-1-3-7-14/h1-4,6-9,12H,5,10-11,13H2. The van der Waals surface area contributed by atoms with Crippen LogP contribution in [-0.2, 0) is 6.61 Å². The fraction of sp³-hybridized carbons (Fsp3) is 0.235. The average Bonchev–Trinajstić information content (AvgIpc) is 2.45. The number of ether oxygens (including phenoxy) is 1. The van der Waals surface area contributed by atoms with Gasteiger partial charge in [0, 0.05) is 18.7 Å². The lowest BCUT2D eigenvalue weighted by molar-refractivity contribution is 0.0651. The van der Waals surface area contributed by atoms with Crippen LogP contribution in [0.25, 0.3) is 0 Å². The SMILES string of the molecule is O=C(c1cccc(OCc2ccccc2)c1)N1CCC1. The number of likely N-dealkylation sites (tertiary alicyclic amines) is 1. The first-order valence-corrected chi connectivity index (χ1v) is 6.89. The summed E-state index contributed by atoms with van der Waals surface area (Å²) in [7, 11) is 0. The van der Waals surface area contributed by atoms with Gasteiger partial charge in [0.05, 0.1) is 0 Å². The summed E-state index contributed by atoms with van der Waals surface area (Å²) in [5, 5.41) is 0. The monoisotopic (exact) mass is 267 g/mol. The minimum absolute atomic E-state index is 0.0985. The molecule has 2 aromatic carbocycles. The smallest absolute Gasteiger partial charge is 0.253 e. The highest BCUT2D eigenvalue weighted by atomic mass is 16.5. The maximum absolute atomic E-state index is 12.1. The maximum Gasteiger partial charge on any atom is 0.253 e. The molecule has 0 radical (unpaired) electrons. The van der Waals surface area contributed by atoms with Crippen LogP contribution in [-0.4, -0.2) is 23.9 Å². The number of hydrogen-bond acceptors (Lipinski definition) is 2. The van der Waals surface area contributed by atoms with E-state index in [1.54, 1.807) is 0 Å². The van der Waals surface area contributed by atoms with E-state index in [9.17, 15) is 4.79 Å². The van der Waals surface area contributed by atoms with E-state index < -0.39 is 0 Å². The molecule has 0 aromatic heterocycles. The van der Waals surface area contributed by atoms with Gasteiger partial charge in [0.25, 0.3) is 5.91 Å². The molecule has 0 bridgehead atoms. The third-order valence-electron chi connectivity index (χ3n) is 3.47. The van der Waals surface area contributed by atoms with Gasteiger partial charge >= 0.3 is 0 Å². The van der Waals surface area contributed by atoms with Crippen molar-refractivity contribution in [2.24, 2.45) is 0 Å². The molecule has 3 rings (SSSR count). The van der Waals surface area contributed by atoms with Crippen LogP contribution in [0.4, 0.5) is 0 Å². The molecule has 2 aromatic rings. The highest BCUT2D eigenvalue weighted by Gasteiger charge is 2.21. The van der Waals surface area contributed by atoms with Gasteiger partial charge in [0.1, 0.15) is 12.4 Å². The average molecular weight is 267 g/mol. The quantitative estimate of drug-likeness (QED) is 0.852. The van der Waals surface area contributed by atoms with E-state index >= 15 is 0 Å². The molecule has 1 amide bonds. The predicted octanol–water partition coefficient (Wildman–Crippen LogP) is 3.11. The zero-order valence-electron chi connectivity index (χ0n) is 11.3. The zero-order chi connectivity index (χ0) is 13.8. The van der Waals surface area contributed by atoms with Crippen LogP contribution in [0, 0.1) is 0 Å². The van der Waals surface area contributed by atoms with Crippen molar-refractivity contribution in [2.75, 3.05) is 13.1 Å². The van der Waals surface area contributed by atoms with Gasteiger partial charge in [-0.2, -0.15) is 0 Å². The number of rotatable bonds is 4. The minimum atomic E-state index is 0.0985. The summed E-state index contributed by atoms with van der Waals surface area (Å²) < 4.78 is 5.74. The van der Waals surface area contributed by atoms with Gasteiger partial charge in [-0.3, -0.25) is 4.79 Å². The van der Waals surface area contributed by atoms with Crippen molar-refractivity contribution in [3.05, 3.63) is 65.7 Å². The van der Waals surface area contributed by atoms with E-state index in [-0.39, 0.29) is 5.91 Å². The van der Waals surface area contributed by atoms with Crippen molar-refractivity contribution in [2.45, 2.75) is 13.0 Å². The Morgan fingerprint density at radius 1 is 1.05 bits per heavy atom. The molecule has 0 N–H and O–H groups in total. The van der Waals surface area contributed by atoms with Gasteiger partial charge in [-0.25, -0.2) is 0 Å². The second kappa shape index (κ2) is 5.78. The number of carbonyl (C=O) groups excluding carboxylic acids is 1. The molecule has 0 spiro atoms. The van der Waals surface area contributed by atoms with Gasteiger partial charge in [-0.1, -0.05) is 36.4 Å². The van der Waals surface area contributed by atoms with E-state index in [0.717, 1.165) is 30.8 Å². The Hall–Kier alpha value is -2.29. The minimum Gasteiger partial charge on any atom is -0.489 e. The predicted molar refractivity (Wildman–Crippen MR) is 77.7 cm³/mol. The summed E-state index contributed by atoms with van der Waals surface area (Å²) in [5.74, 6) is 0.835. The summed E-state index contributed by atoms with van der Waals surface area (Å²) in [6.45, 7) is 2.25. The van der Waals surface area contributed by atoms with Crippen molar-refractivity contribution in [1.82, 2.24) is 4.90 Å². The number of hydrogen-bond donors (Lipinski definition) is 0. The summed E-state index contributed by atoms with van der Waals surface area (Å²) in [5.41, 5.74) is 1.82. The summed E-state index contributed by atoms with van der Waals surface area (Å²) in [6.07, 6.45) is 1.11. The number of benzene rings is 2. The van der Waals surface area contributed by atoms with Gasteiger partial charge in [-0.15, -0.1) is 0 Å². The van der Waals surface area contributed by atoms with Crippen LogP contribution in [0.15, 0.2) is 54.6 Å². The van der Waals surface area contributed by atoms with Crippen molar-refractivity contribution in [3.8, 4) is 5.75 Å². The van der Waals surface area contributed by atoms with Crippen LogP contribution in [0.1, 0.15) is 22.3 Å². The van der Waals surface area contributed by atoms with Crippen LogP contribution in [0.2, 0.25) is 0 Å². The summed E-state index contributed by atoms with van der Waals surface area (Å²) >= 11 is 0. The molecule has 1 saturated heterocycles. The van der Waals surface area contributed by atoms with Crippen molar-refractivity contribution in [3.63, 3.8) is 0 Å². The summed E-state index contributed by atoms with van der Waals surface area (Å²) in [4.78, 5) is 14.0. The normalized spacial score (nSPS) is 13.7. The Morgan fingerprint density at radius 3 is 2.55 bits per heavy atom. The molecule has 1 aliphatic heterocycles. The molecule has 3 heteroatoms. The Kier molecular flexibility index (Phi) is 3.68. The van der Waals surface area contributed by atoms with Gasteiger partial charge in [-0.05, 0) is 30.2 Å². The van der Waals surface area contributed by atoms with E-state index in [1.165, 1.54) is 0 Å². The molecule has 102 valence electrons. The molecule has 1 aliphatic rings. The molecule has 20 heavy (non-hydrogen) atoms. The first-order valence-electron chi connectivity index (χ1n) is 6.89. The second-order valence-electron chi connectivity index (χ2n) is 4.95. The van der Waals surface area contributed by atoms with Gasteiger partial charge in [0.15, 0.2) is 0 Å². The molecular weight excluding hydrogens is 250 g/mol. The molecule has 1 fully saturated rings. The van der Waals surface area contributed by atoms with Crippen LogP contribution in [0.3, 0.4) is 0 Å². The number of nitrogens with zero attached hydrogens (tertiary/aromatic N) is 1. The second-order valence-corrected chi connectivity index (χ2v) is 4.95. The molecule has 0 atom stereocenters. The third kappa shape index (κ3) is 2.82. The fourth-order valence-corrected chi connectivity index (χ4v) is 2.16. The number of amides is 1. The maximum atomic E-state index is 12.1. The van der Waals surface area contributed by atoms with E-state index in [4.69, 9.17) is 4.74 Å². The molecular formula is C17H17NO2. The van der Waals surface area contributed by atoms with E-state index in [0.29, 0.717) is 12.2 Å². The first-order chi connectivity index (χ1) is 9.83. The van der Waals surface area contributed by atoms with Crippen LogP contribution >= 0.6 is 0 Å². The van der Waals surface area contributed by atoms with Crippen LogP contribution in [0.5, 0.6) is 5.75 Å². The molecule has 3 nitrogen and oxygen atoms in total. The van der Waals surface area contributed by atoms with Crippen molar-refractivity contribution in [1.29, 1.82) is 0 Å². The number of carbonyl (C=O) groups is 1. The molecule has 0 aliphatic carbocycles. The van der Waals surface area contributed by atoms with Crippen molar-refractivity contribution < 1.29 is 9.53 Å². The molecule has 1 heterocycles. The van der Waals surface area contributed by atoms with Gasteiger partial charge in [0.2, 0.25) is 0 Å². The third-order valence-corrected chi connectivity index (χ3v) is 3.47. The first kappa shape index (κ1) is 12.7. The lowest BCUT2D eigenvalue weighted by Gasteiger charge is -2.30. The van der Waals surface area contributed by atoms with Crippen LogP contribution < -0.4 is 4.74 Å². The van der Waals surface area contributed by atoms with E-state index in [2.05, 4.69) is 0 Å². The topological polar surface area (TPSA) is 29.5 Å². The van der Waals surface area contributed by atoms with Crippen molar-refractivity contribution >= 4 is 5.91 Å². The van der Waals surface area contributed by atoms with Gasteiger partial charge < -0.3 is 9.64 Å². The molecule has 0 saturated carbocycles. The van der Waals surface area contributed by atoms with E-state index in [1.807, 2.05) is 59.5 Å². The highest BCUT2D eigenvalue weighted by molar-refractivity contribution is 5.95. The fourth-order valence-electron chi connectivity index (χ4n) is 2.16. The Labute approximate surface area is 118 Å². The highest BCUT2D eigenvalue weighted by Crippen LogP contribution is 2.18. The molecule has 0 unspecified atom stereocenters. The summed E-state index contributed by atoms with van der Waals surface area (Å²) in [6, 6.07) is 17.4. The largest absolute Gasteiger partial charge is 0.489 e. The lowest BCUT2D eigenvalue weighted by Crippen LogP contribution is -2.41. The zero-order valence-corrected chi connectivity index (χ0v) is 11.3.